The van der Waals surface area contributed by atoms with Crippen LogP contribution >= 0.6 is 11.3 Å². The fourth-order valence-corrected chi connectivity index (χ4v) is 2.64. The van der Waals surface area contributed by atoms with Crippen LogP contribution in [0.1, 0.15) is 25.6 Å². The average molecular weight is 279 g/mol. The predicted octanol–water partition coefficient (Wildman–Crippen LogP) is 3.08. The van der Waals surface area contributed by atoms with Gasteiger partial charge in [0.25, 0.3) is 0 Å². The number of carbonyl (C=O) groups excluding carboxylic acids is 1. The minimum Gasteiger partial charge on any atom is -0.456 e. The maximum Gasteiger partial charge on any atom is 0.311 e. The molecule has 0 amide bonds. The van der Waals surface area contributed by atoms with E-state index in [4.69, 9.17) is 4.74 Å². The van der Waals surface area contributed by atoms with Gasteiger partial charge in [0, 0.05) is 24.5 Å². The third kappa shape index (κ3) is 4.18. The molecule has 0 saturated carbocycles. The molecule has 4 heteroatoms. The molecule has 0 radical (unpaired) electrons. The van der Waals surface area contributed by atoms with E-state index in [0.29, 0.717) is 0 Å². The van der Waals surface area contributed by atoms with Crippen molar-refractivity contribution in [3.8, 4) is 0 Å². The fraction of sp³-hybridized carbons (Fsp3) is 0.533. The third-order valence-corrected chi connectivity index (χ3v) is 3.84. The van der Waals surface area contributed by atoms with E-state index in [2.05, 4.69) is 28.5 Å². The summed E-state index contributed by atoms with van der Waals surface area (Å²) in [5, 5.41) is 2.09. The van der Waals surface area contributed by atoms with Crippen molar-refractivity contribution < 1.29 is 9.53 Å². The molecule has 1 aliphatic heterocycles. The van der Waals surface area contributed by atoms with E-state index in [1.54, 1.807) is 11.3 Å². The molecule has 0 saturated heterocycles. The minimum absolute atomic E-state index is 0.125. The topological polar surface area (TPSA) is 29.5 Å². The van der Waals surface area contributed by atoms with Crippen LogP contribution in [-0.2, 0) is 16.1 Å². The lowest BCUT2D eigenvalue weighted by molar-refractivity contribution is -0.157. The molecular formula is C15H21NO2S. The number of hydrogen-bond donors (Lipinski definition) is 0. The first kappa shape index (κ1) is 14.3. The molecule has 2 rings (SSSR count). The van der Waals surface area contributed by atoms with Crippen molar-refractivity contribution in [2.45, 2.75) is 33.4 Å². The molecule has 1 aromatic rings. The van der Waals surface area contributed by atoms with Gasteiger partial charge in [-0.2, -0.15) is 0 Å². The van der Waals surface area contributed by atoms with Crippen molar-refractivity contribution >= 4 is 17.3 Å². The monoisotopic (exact) mass is 279 g/mol. The second-order valence-electron chi connectivity index (χ2n) is 5.90. The lowest BCUT2D eigenvalue weighted by Crippen LogP contribution is -2.39. The molecule has 0 N–H and O–H groups in total. The van der Waals surface area contributed by atoms with E-state index >= 15 is 0 Å². The number of hydrogen-bond acceptors (Lipinski definition) is 4. The van der Waals surface area contributed by atoms with E-state index in [0.717, 1.165) is 19.6 Å². The Morgan fingerprint density at radius 1 is 1.53 bits per heavy atom. The highest BCUT2D eigenvalue weighted by atomic mass is 32.1. The first-order valence-electron chi connectivity index (χ1n) is 6.57. The molecule has 0 fully saturated rings. The quantitative estimate of drug-likeness (QED) is 0.629. The Bertz CT molecular complexity index is 445. The Morgan fingerprint density at radius 3 is 2.95 bits per heavy atom. The Labute approximate surface area is 118 Å². The number of rotatable bonds is 3. The Balaban J connectivity index is 1.89. The Kier molecular flexibility index (Phi) is 4.42. The van der Waals surface area contributed by atoms with Crippen LogP contribution in [0.3, 0.4) is 0 Å². The maximum atomic E-state index is 11.9. The van der Waals surface area contributed by atoms with Gasteiger partial charge in [0.1, 0.15) is 6.10 Å². The van der Waals surface area contributed by atoms with E-state index in [9.17, 15) is 4.79 Å². The summed E-state index contributed by atoms with van der Waals surface area (Å²) in [7, 11) is 0. The van der Waals surface area contributed by atoms with Gasteiger partial charge in [0.2, 0.25) is 0 Å². The van der Waals surface area contributed by atoms with Crippen LogP contribution in [0.15, 0.2) is 29.7 Å². The molecule has 1 aliphatic rings. The highest BCUT2D eigenvalue weighted by Crippen LogP contribution is 2.19. The molecule has 3 nitrogen and oxygen atoms in total. The van der Waals surface area contributed by atoms with Gasteiger partial charge in [-0.25, -0.2) is 0 Å². The summed E-state index contributed by atoms with van der Waals surface area (Å²) < 4.78 is 5.54. The van der Waals surface area contributed by atoms with E-state index in [1.165, 1.54) is 4.88 Å². The van der Waals surface area contributed by atoms with Gasteiger partial charge in [-0.05, 0) is 38.3 Å². The summed E-state index contributed by atoms with van der Waals surface area (Å²) in [4.78, 5) is 15.5. The van der Waals surface area contributed by atoms with Crippen LogP contribution in [0.5, 0.6) is 0 Å². The molecule has 1 atom stereocenters. The van der Waals surface area contributed by atoms with Crippen LogP contribution in [0, 0.1) is 5.41 Å². The second kappa shape index (κ2) is 5.88. The van der Waals surface area contributed by atoms with Crippen molar-refractivity contribution in [2.75, 3.05) is 13.1 Å². The standard InChI is InChI=1S/C15H21NO2S/c1-15(2,3)14(17)18-12-6-4-8-16(10-12)11-13-7-5-9-19-13/h4-7,9,12H,8,10-11H2,1-3H3. The summed E-state index contributed by atoms with van der Waals surface area (Å²) in [6.07, 6.45) is 3.95. The zero-order chi connectivity index (χ0) is 13.9. The second-order valence-corrected chi connectivity index (χ2v) is 6.93. The zero-order valence-electron chi connectivity index (χ0n) is 11.8. The average Bonchev–Trinajstić information content (AvgIpc) is 2.81. The third-order valence-electron chi connectivity index (χ3n) is 2.98. The van der Waals surface area contributed by atoms with Gasteiger partial charge in [0.15, 0.2) is 0 Å². The van der Waals surface area contributed by atoms with Crippen molar-refractivity contribution in [3.63, 3.8) is 0 Å². The first-order chi connectivity index (χ1) is 8.95. The predicted molar refractivity (Wildman–Crippen MR) is 78.1 cm³/mol. The van der Waals surface area contributed by atoms with Crippen LogP contribution in [0.2, 0.25) is 0 Å². The van der Waals surface area contributed by atoms with Crippen molar-refractivity contribution in [1.82, 2.24) is 4.90 Å². The molecule has 0 bridgehead atoms. The van der Waals surface area contributed by atoms with Crippen molar-refractivity contribution in [3.05, 3.63) is 34.5 Å². The number of nitrogens with zero attached hydrogens (tertiary/aromatic N) is 1. The van der Waals surface area contributed by atoms with Crippen LogP contribution in [0.4, 0.5) is 0 Å². The van der Waals surface area contributed by atoms with Crippen molar-refractivity contribution in [1.29, 1.82) is 0 Å². The summed E-state index contributed by atoms with van der Waals surface area (Å²) in [5.74, 6) is -0.139. The van der Waals surface area contributed by atoms with E-state index < -0.39 is 5.41 Å². The number of carbonyl (C=O) groups is 1. The highest BCUT2D eigenvalue weighted by molar-refractivity contribution is 7.09. The minimum atomic E-state index is -0.441. The van der Waals surface area contributed by atoms with E-state index in [1.807, 2.05) is 26.8 Å². The lowest BCUT2D eigenvalue weighted by atomic mass is 9.97. The molecule has 19 heavy (non-hydrogen) atoms. The van der Waals surface area contributed by atoms with Gasteiger partial charge in [0.05, 0.1) is 5.41 Å². The Morgan fingerprint density at radius 2 is 2.32 bits per heavy atom. The summed E-state index contributed by atoms with van der Waals surface area (Å²) in [5.41, 5.74) is -0.441. The lowest BCUT2D eigenvalue weighted by Gasteiger charge is -2.29. The molecule has 0 spiro atoms. The molecular weight excluding hydrogens is 258 g/mol. The Hall–Kier alpha value is -1.13. The maximum absolute atomic E-state index is 11.9. The zero-order valence-corrected chi connectivity index (χ0v) is 12.6. The van der Waals surface area contributed by atoms with E-state index in [-0.39, 0.29) is 12.1 Å². The fourth-order valence-electron chi connectivity index (χ4n) is 1.89. The normalized spacial score (nSPS) is 20.5. The summed E-state index contributed by atoms with van der Waals surface area (Å²) >= 11 is 1.76. The number of thiophene rings is 1. The van der Waals surface area contributed by atoms with Crippen LogP contribution in [0.25, 0.3) is 0 Å². The first-order valence-corrected chi connectivity index (χ1v) is 7.45. The highest BCUT2D eigenvalue weighted by Gasteiger charge is 2.27. The molecule has 1 aromatic heterocycles. The van der Waals surface area contributed by atoms with Crippen LogP contribution in [-0.4, -0.2) is 30.1 Å². The summed E-state index contributed by atoms with van der Waals surface area (Å²) in [6.45, 7) is 8.26. The van der Waals surface area contributed by atoms with Gasteiger partial charge >= 0.3 is 5.97 Å². The van der Waals surface area contributed by atoms with Gasteiger partial charge < -0.3 is 4.74 Å². The van der Waals surface area contributed by atoms with Gasteiger partial charge in [-0.1, -0.05) is 12.1 Å². The van der Waals surface area contributed by atoms with Crippen LogP contribution < -0.4 is 0 Å². The molecule has 104 valence electrons. The van der Waals surface area contributed by atoms with Gasteiger partial charge in [-0.15, -0.1) is 11.3 Å². The molecule has 0 aliphatic carbocycles. The number of esters is 1. The van der Waals surface area contributed by atoms with Gasteiger partial charge in [-0.3, -0.25) is 9.69 Å². The molecule has 1 unspecified atom stereocenters. The summed E-state index contributed by atoms with van der Waals surface area (Å²) in [6, 6.07) is 4.20. The van der Waals surface area contributed by atoms with Crippen molar-refractivity contribution in [2.24, 2.45) is 5.41 Å². The SMILES string of the molecule is CC(C)(C)C(=O)OC1C=CCN(Cc2cccs2)C1. The number of ether oxygens (including phenoxy) is 1. The molecule has 2 heterocycles. The molecule has 0 aromatic carbocycles. The largest absolute Gasteiger partial charge is 0.456 e. The smallest absolute Gasteiger partial charge is 0.311 e.